The average molecular weight is 235 g/mol. The van der Waals surface area contributed by atoms with Gasteiger partial charge in [-0.3, -0.25) is 0 Å². The van der Waals surface area contributed by atoms with E-state index in [-0.39, 0.29) is 0 Å². The fourth-order valence-electron chi connectivity index (χ4n) is 2.60. The highest BCUT2D eigenvalue weighted by molar-refractivity contribution is 5.60. The molecule has 1 aliphatic carbocycles. The van der Waals surface area contributed by atoms with Crippen LogP contribution >= 0.6 is 0 Å². The number of rotatable bonds is 4. The number of hydrogen-bond acceptors (Lipinski definition) is 4. The Morgan fingerprint density at radius 2 is 2.12 bits per heavy atom. The van der Waals surface area contributed by atoms with Crippen LogP contribution in [0.25, 0.3) is 0 Å². The van der Waals surface area contributed by atoms with Crippen LogP contribution in [0.3, 0.4) is 0 Å². The van der Waals surface area contributed by atoms with E-state index in [1.165, 1.54) is 19.3 Å². The van der Waals surface area contributed by atoms with Gasteiger partial charge in [-0.25, -0.2) is 4.98 Å². The SMILES string of the molecule is Nc1ncccc1NCC1CCCCC1CO. The molecule has 1 aromatic rings. The molecule has 1 fully saturated rings. The fourth-order valence-corrected chi connectivity index (χ4v) is 2.60. The quantitative estimate of drug-likeness (QED) is 0.745. The molecule has 0 spiro atoms. The van der Waals surface area contributed by atoms with Crippen LogP contribution in [0.5, 0.6) is 0 Å². The summed E-state index contributed by atoms with van der Waals surface area (Å²) in [6.07, 6.45) is 6.55. The average Bonchev–Trinajstić information content (AvgIpc) is 2.38. The molecule has 1 aliphatic rings. The Hall–Kier alpha value is -1.29. The second-order valence-corrected chi connectivity index (χ2v) is 4.80. The molecular formula is C13H21N3O. The van der Waals surface area contributed by atoms with Crippen molar-refractivity contribution in [3.8, 4) is 0 Å². The molecule has 0 bridgehead atoms. The van der Waals surface area contributed by atoms with Crippen molar-refractivity contribution in [1.29, 1.82) is 0 Å². The van der Waals surface area contributed by atoms with Gasteiger partial charge in [0.2, 0.25) is 0 Å². The maximum Gasteiger partial charge on any atom is 0.146 e. The molecule has 1 heterocycles. The van der Waals surface area contributed by atoms with E-state index in [1.54, 1.807) is 6.20 Å². The maximum absolute atomic E-state index is 9.35. The van der Waals surface area contributed by atoms with Crippen LogP contribution in [-0.4, -0.2) is 23.2 Å². The molecule has 0 radical (unpaired) electrons. The third-order valence-corrected chi connectivity index (χ3v) is 3.69. The van der Waals surface area contributed by atoms with Crippen molar-refractivity contribution in [3.63, 3.8) is 0 Å². The van der Waals surface area contributed by atoms with E-state index < -0.39 is 0 Å². The highest BCUT2D eigenvalue weighted by Gasteiger charge is 2.24. The summed E-state index contributed by atoms with van der Waals surface area (Å²) in [6, 6.07) is 3.82. The second-order valence-electron chi connectivity index (χ2n) is 4.80. The Kier molecular flexibility index (Phi) is 4.20. The van der Waals surface area contributed by atoms with Crippen LogP contribution in [0.15, 0.2) is 18.3 Å². The molecule has 2 rings (SSSR count). The number of nitrogens with zero attached hydrogens (tertiary/aromatic N) is 1. The van der Waals surface area contributed by atoms with Gasteiger partial charge in [0.05, 0.1) is 5.69 Å². The van der Waals surface area contributed by atoms with E-state index in [9.17, 15) is 5.11 Å². The summed E-state index contributed by atoms with van der Waals surface area (Å²) >= 11 is 0. The number of aliphatic hydroxyl groups is 1. The molecule has 1 saturated carbocycles. The Morgan fingerprint density at radius 1 is 1.35 bits per heavy atom. The minimum Gasteiger partial charge on any atom is -0.396 e. The molecule has 94 valence electrons. The Morgan fingerprint density at radius 3 is 2.82 bits per heavy atom. The topological polar surface area (TPSA) is 71.2 Å². The number of nitrogen functional groups attached to an aromatic ring is 1. The highest BCUT2D eigenvalue weighted by atomic mass is 16.3. The first-order chi connectivity index (χ1) is 8.31. The molecule has 2 unspecified atom stereocenters. The molecule has 0 aliphatic heterocycles. The smallest absolute Gasteiger partial charge is 0.146 e. The summed E-state index contributed by atoms with van der Waals surface area (Å²) in [5.41, 5.74) is 6.68. The van der Waals surface area contributed by atoms with Crippen LogP contribution in [0.1, 0.15) is 25.7 Å². The molecule has 17 heavy (non-hydrogen) atoms. The third-order valence-electron chi connectivity index (χ3n) is 3.69. The standard InChI is InChI=1S/C13H21N3O/c14-13-12(6-3-7-15-13)16-8-10-4-1-2-5-11(10)9-17/h3,6-7,10-11,16-17H,1-2,4-5,8-9H2,(H2,14,15). The number of aliphatic hydroxyl groups excluding tert-OH is 1. The lowest BCUT2D eigenvalue weighted by atomic mass is 9.79. The predicted octanol–water partition coefficient (Wildman–Crippen LogP) is 1.87. The Bertz CT molecular complexity index is 356. The summed E-state index contributed by atoms with van der Waals surface area (Å²) < 4.78 is 0. The van der Waals surface area contributed by atoms with Crippen LogP contribution in [0.4, 0.5) is 11.5 Å². The van der Waals surface area contributed by atoms with Gasteiger partial charge in [0.15, 0.2) is 0 Å². The third kappa shape index (κ3) is 3.09. The molecule has 0 saturated heterocycles. The van der Waals surface area contributed by atoms with Crippen molar-refractivity contribution in [2.45, 2.75) is 25.7 Å². The van der Waals surface area contributed by atoms with Crippen molar-refractivity contribution in [3.05, 3.63) is 18.3 Å². The number of pyridine rings is 1. The summed E-state index contributed by atoms with van der Waals surface area (Å²) in [5, 5.41) is 12.7. The Labute approximate surface area is 102 Å². The van der Waals surface area contributed by atoms with Crippen LogP contribution in [0.2, 0.25) is 0 Å². The summed E-state index contributed by atoms with van der Waals surface area (Å²) in [6.45, 7) is 1.18. The second kappa shape index (κ2) is 5.87. The normalized spacial score (nSPS) is 24.5. The highest BCUT2D eigenvalue weighted by Crippen LogP contribution is 2.30. The zero-order chi connectivity index (χ0) is 12.1. The fraction of sp³-hybridized carbons (Fsp3) is 0.615. The molecule has 4 nitrogen and oxygen atoms in total. The van der Waals surface area contributed by atoms with Crippen LogP contribution < -0.4 is 11.1 Å². The lowest BCUT2D eigenvalue weighted by Crippen LogP contribution is -2.28. The first kappa shape index (κ1) is 12.2. The van der Waals surface area contributed by atoms with E-state index in [1.807, 2.05) is 12.1 Å². The van der Waals surface area contributed by atoms with Crippen molar-refractivity contribution < 1.29 is 5.11 Å². The molecule has 4 N–H and O–H groups in total. The zero-order valence-corrected chi connectivity index (χ0v) is 10.1. The van der Waals surface area contributed by atoms with E-state index in [0.29, 0.717) is 24.3 Å². The van der Waals surface area contributed by atoms with Gasteiger partial charge in [0.1, 0.15) is 5.82 Å². The van der Waals surface area contributed by atoms with Crippen molar-refractivity contribution in [2.24, 2.45) is 11.8 Å². The van der Waals surface area contributed by atoms with Crippen LogP contribution in [-0.2, 0) is 0 Å². The van der Waals surface area contributed by atoms with Gasteiger partial charge < -0.3 is 16.2 Å². The number of nitrogens with two attached hydrogens (primary N) is 1. The lowest BCUT2D eigenvalue weighted by Gasteiger charge is -2.30. The summed E-state index contributed by atoms with van der Waals surface area (Å²) in [7, 11) is 0. The lowest BCUT2D eigenvalue weighted by molar-refractivity contribution is 0.141. The minimum absolute atomic E-state index is 0.300. The van der Waals surface area contributed by atoms with E-state index in [4.69, 9.17) is 5.73 Å². The monoisotopic (exact) mass is 235 g/mol. The predicted molar refractivity (Wildman–Crippen MR) is 69.7 cm³/mol. The van der Waals surface area contributed by atoms with Crippen molar-refractivity contribution in [1.82, 2.24) is 4.98 Å². The number of anilines is 2. The number of hydrogen-bond donors (Lipinski definition) is 3. The van der Waals surface area contributed by atoms with E-state index in [2.05, 4.69) is 10.3 Å². The maximum atomic E-state index is 9.35. The van der Waals surface area contributed by atoms with Gasteiger partial charge in [-0.05, 0) is 36.8 Å². The summed E-state index contributed by atoms with van der Waals surface area (Å²) in [5.74, 6) is 1.53. The van der Waals surface area contributed by atoms with Gasteiger partial charge in [0.25, 0.3) is 0 Å². The largest absolute Gasteiger partial charge is 0.396 e. The van der Waals surface area contributed by atoms with Gasteiger partial charge in [-0.2, -0.15) is 0 Å². The molecule has 0 aromatic carbocycles. The van der Waals surface area contributed by atoms with E-state index >= 15 is 0 Å². The molecule has 0 amide bonds. The van der Waals surface area contributed by atoms with E-state index in [0.717, 1.165) is 18.7 Å². The molecule has 4 heteroatoms. The zero-order valence-electron chi connectivity index (χ0n) is 10.1. The van der Waals surface area contributed by atoms with Crippen molar-refractivity contribution in [2.75, 3.05) is 24.2 Å². The molecule has 1 aromatic heterocycles. The summed E-state index contributed by atoms with van der Waals surface area (Å²) in [4.78, 5) is 4.05. The minimum atomic E-state index is 0.300. The van der Waals surface area contributed by atoms with Gasteiger partial charge in [-0.15, -0.1) is 0 Å². The molecular weight excluding hydrogens is 214 g/mol. The van der Waals surface area contributed by atoms with Crippen LogP contribution in [0, 0.1) is 11.8 Å². The van der Waals surface area contributed by atoms with Gasteiger partial charge in [0, 0.05) is 19.3 Å². The number of nitrogens with one attached hydrogen (secondary N) is 1. The number of aromatic nitrogens is 1. The van der Waals surface area contributed by atoms with Gasteiger partial charge in [-0.1, -0.05) is 12.8 Å². The van der Waals surface area contributed by atoms with Crippen molar-refractivity contribution >= 4 is 11.5 Å². The first-order valence-corrected chi connectivity index (χ1v) is 6.36. The first-order valence-electron chi connectivity index (χ1n) is 6.36. The molecule has 2 atom stereocenters. The van der Waals surface area contributed by atoms with Gasteiger partial charge >= 0.3 is 0 Å². The Balaban J connectivity index is 1.90.